The normalized spacial score (nSPS) is 9.33. The van der Waals surface area contributed by atoms with Gasteiger partial charge in [0.15, 0.2) is 0 Å². The monoisotopic (exact) mass is 235 g/mol. The van der Waals surface area contributed by atoms with Crippen LogP contribution in [0.4, 0.5) is 0 Å². The molecule has 90 valence electrons. The van der Waals surface area contributed by atoms with Gasteiger partial charge in [0, 0.05) is 18.3 Å². The minimum absolute atomic E-state index is 0.994. The molecule has 0 aliphatic heterocycles. The average Bonchev–Trinajstić information content (AvgIpc) is 2.96. The van der Waals surface area contributed by atoms with Gasteiger partial charge in [-0.15, -0.1) is 0 Å². The van der Waals surface area contributed by atoms with E-state index < -0.39 is 0 Å². The molecule has 1 N–H and O–H groups in total. The van der Waals surface area contributed by atoms with Crippen LogP contribution in [0.15, 0.2) is 85.1 Å². The largest absolute Gasteiger partial charge is 0.365 e. The van der Waals surface area contributed by atoms with Crippen molar-refractivity contribution in [3.8, 4) is 0 Å². The molecule has 1 heteroatoms. The van der Waals surface area contributed by atoms with Crippen molar-refractivity contribution >= 4 is 0 Å². The zero-order valence-corrected chi connectivity index (χ0v) is 10.3. The predicted molar refractivity (Wildman–Crippen MR) is 76.5 cm³/mol. The second-order valence-corrected chi connectivity index (χ2v) is 4.01. The van der Waals surface area contributed by atoms with Crippen LogP contribution in [0.25, 0.3) is 0 Å². The van der Waals surface area contributed by atoms with Crippen molar-refractivity contribution in [2.75, 3.05) is 0 Å². The van der Waals surface area contributed by atoms with Gasteiger partial charge in [0.1, 0.15) is 0 Å². The Labute approximate surface area is 108 Å². The number of hydrogen-bond donors (Lipinski definition) is 1. The summed E-state index contributed by atoms with van der Waals surface area (Å²) in [5.41, 5.74) is 2.61. The van der Waals surface area contributed by atoms with Gasteiger partial charge in [-0.25, -0.2) is 0 Å². The van der Waals surface area contributed by atoms with Gasteiger partial charge in [-0.2, -0.15) is 0 Å². The number of H-pyrrole nitrogens is 1. The van der Waals surface area contributed by atoms with Crippen molar-refractivity contribution in [2.45, 2.75) is 6.42 Å². The summed E-state index contributed by atoms with van der Waals surface area (Å²) in [5.74, 6) is 0. The smallest absolute Gasteiger partial charge is 0.0191 e. The zero-order chi connectivity index (χ0) is 12.5. The first kappa shape index (κ1) is 12.2. The number of aromatic amines is 1. The van der Waals surface area contributed by atoms with Gasteiger partial charge in [-0.3, -0.25) is 0 Å². The fourth-order valence-corrected chi connectivity index (χ4v) is 1.68. The second kappa shape index (κ2) is 7.13. The Morgan fingerprint density at radius 2 is 1.17 bits per heavy atom. The molecule has 0 aliphatic rings. The fourth-order valence-electron chi connectivity index (χ4n) is 1.68. The standard InChI is InChI=1S/C11H11N.C6H6/c1-2-5-10(6-3-1)9-11-7-4-8-12-11;1-2-4-6-5-3-1/h1-8,12H,9H2;1-6H. The van der Waals surface area contributed by atoms with E-state index in [9.17, 15) is 0 Å². The highest BCUT2D eigenvalue weighted by Crippen LogP contribution is 2.05. The molecule has 0 saturated heterocycles. The van der Waals surface area contributed by atoms with Crippen LogP contribution in [0.2, 0.25) is 0 Å². The fraction of sp³-hybridized carbons (Fsp3) is 0.0588. The van der Waals surface area contributed by atoms with E-state index in [1.54, 1.807) is 0 Å². The van der Waals surface area contributed by atoms with E-state index in [1.165, 1.54) is 11.3 Å². The number of hydrogen-bond acceptors (Lipinski definition) is 0. The molecule has 0 radical (unpaired) electrons. The molecule has 1 heterocycles. The van der Waals surface area contributed by atoms with Gasteiger partial charge in [-0.05, 0) is 17.7 Å². The van der Waals surface area contributed by atoms with E-state index >= 15 is 0 Å². The maximum atomic E-state index is 3.19. The van der Waals surface area contributed by atoms with Crippen LogP contribution < -0.4 is 0 Å². The van der Waals surface area contributed by atoms with Gasteiger partial charge in [-0.1, -0.05) is 66.7 Å². The van der Waals surface area contributed by atoms with Crippen LogP contribution in [-0.4, -0.2) is 4.98 Å². The number of benzene rings is 2. The third-order valence-corrected chi connectivity index (χ3v) is 2.57. The highest BCUT2D eigenvalue weighted by Gasteiger charge is 1.93. The maximum Gasteiger partial charge on any atom is 0.0191 e. The Kier molecular flexibility index (Phi) is 4.82. The molecule has 0 fully saturated rings. The van der Waals surface area contributed by atoms with Gasteiger partial charge >= 0.3 is 0 Å². The van der Waals surface area contributed by atoms with Gasteiger partial charge in [0.05, 0.1) is 0 Å². The van der Waals surface area contributed by atoms with Crippen LogP contribution in [0.5, 0.6) is 0 Å². The molecule has 2 aromatic carbocycles. The molecular weight excluding hydrogens is 218 g/mol. The minimum Gasteiger partial charge on any atom is -0.365 e. The molecule has 0 unspecified atom stereocenters. The van der Waals surface area contributed by atoms with E-state index in [4.69, 9.17) is 0 Å². The molecule has 0 amide bonds. The summed E-state index contributed by atoms with van der Waals surface area (Å²) in [7, 11) is 0. The summed E-state index contributed by atoms with van der Waals surface area (Å²) in [5, 5.41) is 0. The molecule has 0 saturated carbocycles. The van der Waals surface area contributed by atoms with Crippen molar-refractivity contribution in [1.82, 2.24) is 4.98 Å². The van der Waals surface area contributed by atoms with Crippen LogP contribution in [-0.2, 0) is 6.42 Å². The lowest BCUT2D eigenvalue weighted by atomic mass is 10.1. The third-order valence-electron chi connectivity index (χ3n) is 2.57. The number of aromatic nitrogens is 1. The molecule has 0 spiro atoms. The van der Waals surface area contributed by atoms with Crippen molar-refractivity contribution < 1.29 is 0 Å². The Morgan fingerprint density at radius 1 is 0.611 bits per heavy atom. The van der Waals surface area contributed by atoms with Crippen molar-refractivity contribution in [1.29, 1.82) is 0 Å². The summed E-state index contributed by atoms with van der Waals surface area (Å²) < 4.78 is 0. The van der Waals surface area contributed by atoms with E-state index in [0.29, 0.717) is 0 Å². The van der Waals surface area contributed by atoms with Gasteiger partial charge < -0.3 is 4.98 Å². The average molecular weight is 235 g/mol. The summed E-state index contributed by atoms with van der Waals surface area (Å²) >= 11 is 0. The van der Waals surface area contributed by atoms with E-state index in [-0.39, 0.29) is 0 Å². The number of rotatable bonds is 2. The SMILES string of the molecule is c1ccc(Cc2ccc[nH]2)cc1.c1ccccc1. The summed E-state index contributed by atoms with van der Waals surface area (Å²) in [4.78, 5) is 3.19. The molecule has 1 aromatic heterocycles. The zero-order valence-electron chi connectivity index (χ0n) is 10.3. The lowest BCUT2D eigenvalue weighted by Gasteiger charge is -1.96. The van der Waals surface area contributed by atoms with Crippen molar-refractivity contribution in [3.63, 3.8) is 0 Å². The highest BCUT2D eigenvalue weighted by atomic mass is 14.7. The van der Waals surface area contributed by atoms with Crippen molar-refractivity contribution in [3.05, 3.63) is 96.3 Å². The first-order chi connectivity index (χ1) is 8.95. The second-order valence-electron chi connectivity index (χ2n) is 4.01. The Morgan fingerprint density at radius 3 is 1.67 bits per heavy atom. The molecule has 1 nitrogen and oxygen atoms in total. The van der Waals surface area contributed by atoms with Crippen LogP contribution >= 0.6 is 0 Å². The topological polar surface area (TPSA) is 15.8 Å². The molecule has 0 aliphatic carbocycles. The Balaban J connectivity index is 0.000000169. The summed E-state index contributed by atoms with van der Waals surface area (Å²) in [6.07, 6.45) is 2.95. The first-order valence-electron chi connectivity index (χ1n) is 6.11. The molecular formula is C17H17N. The van der Waals surface area contributed by atoms with Gasteiger partial charge in [0.2, 0.25) is 0 Å². The van der Waals surface area contributed by atoms with Gasteiger partial charge in [0.25, 0.3) is 0 Å². The minimum atomic E-state index is 0.994. The molecule has 3 aromatic rings. The van der Waals surface area contributed by atoms with E-state index in [1.807, 2.05) is 54.7 Å². The molecule has 18 heavy (non-hydrogen) atoms. The highest BCUT2D eigenvalue weighted by molar-refractivity contribution is 5.21. The lowest BCUT2D eigenvalue weighted by Crippen LogP contribution is -1.86. The van der Waals surface area contributed by atoms with E-state index in [0.717, 1.165) is 6.42 Å². The predicted octanol–water partition coefficient (Wildman–Crippen LogP) is 4.29. The van der Waals surface area contributed by atoms with Crippen LogP contribution in [0, 0.1) is 0 Å². The Bertz CT molecular complexity index is 485. The quantitative estimate of drug-likeness (QED) is 0.682. The number of nitrogens with one attached hydrogen (secondary N) is 1. The first-order valence-corrected chi connectivity index (χ1v) is 6.11. The molecule has 0 bridgehead atoms. The summed E-state index contributed by atoms with van der Waals surface area (Å²) in [6, 6.07) is 26.6. The van der Waals surface area contributed by atoms with E-state index in [2.05, 4.69) is 35.3 Å². The summed E-state index contributed by atoms with van der Waals surface area (Å²) in [6.45, 7) is 0. The third kappa shape index (κ3) is 4.30. The molecule has 0 atom stereocenters. The van der Waals surface area contributed by atoms with Crippen LogP contribution in [0.1, 0.15) is 11.3 Å². The Hall–Kier alpha value is -2.28. The van der Waals surface area contributed by atoms with Crippen molar-refractivity contribution in [2.24, 2.45) is 0 Å². The maximum absolute atomic E-state index is 3.19. The molecule has 3 rings (SSSR count). The lowest BCUT2D eigenvalue weighted by molar-refractivity contribution is 1.11. The van der Waals surface area contributed by atoms with Crippen LogP contribution in [0.3, 0.4) is 0 Å².